The van der Waals surface area contributed by atoms with Crippen LogP contribution in [0.3, 0.4) is 0 Å². The van der Waals surface area contributed by atoms with Gasteiger partial charge in [0.1, 0.15) is 0 Å². The fourth-order valence-corrected chi connectivity index (χ4v) is 3.43. The molecule has 140 valence electrons. The summed E-state index contributed by atoms with van der Waals surface area (Å²) in [4.78, 5) is 9.45. The summed E-state index contributed by atoms with van der Waals surface area (Å²) in [6.07, 6.45) is 9.07. The smallest absolute Gasteiger partial charge is 0.161 e. The van der Waals surface area contributed by atoms with Crippen LogP contribution in [-0.2, 0) is 6.54 Å². The van der Waals surface area contributed by atoms with Gasteiger partial charge < -0.3 is 0 Å². The van der Waals surface area contributed by atoms with Gasteiger partial charge in [0, 0.05) is 11.6 Å². The third-order valence-electron chi connectivity index (χ3n) is 4.94. The summed E-state index contributed by atoms with van der Waals surface area (Å²) in [5.74, 6) is 0.684. The van der Waals surface area contributed by atoms with E-state index >= 15 is 0 Å². The zero-order valence-electron chi connectivity index (χ0n) is 16.6. The Morgan fingerprint density at radius 3 is 2.71 bits per heavy atom. The highest BCUT2D eigenvalue weighted by Crippen LogP contribution is 2.30. The molecule has 0 fully saturated rings. The molecule has 1 aliphatic carbocycles. The first-order valence-electron chi connectivity index (χ1n) is 9.50. The molecule has 2 heterocycles. The first-order valence-corrected chi connectivity index (χ1v) is 9.50. The van der Waals surface area contributed by atoms with Gasteiger partial charge in [0.05, 0.1) is 12.2 Å². The molecule has 4 rings (SSSR count). The topological polar surface area (TPSA) is 43.1 Å². The molecule has 4 heteroatoms. The van der Waals surface area contributed by atoms with Gasteiger partial charge in [-0.1, -0.05) is 60.2 Å². The molecule has 0 amide bonds. The van der Waals surface area contributed by atoms with Gasteiger partial charge >= 0.3 is 0 Å². The Morgan fingerprint density at radius 2 is 2.04 bits per heavy atom. The highest BCUT2D eigenvalue weighted by atomic mass is 15.3. The van der Waals surface area contributed by atoms with Gasteiger partial charge in [0.15, 0.2) is 11.5 Å². The van der Waals surface area contributed by atoms with Gasteiger partial charge in [-0.15, -0.1) is 0 Å². The number of allylic oxidation sites excluding steroid dienone is 5. The number of aliphatic imine (C=N–C) groups is 1. The lowest BCUT2D eigenvalue weighted by molar-refractivity contribution is 0.696. The number of hydrogen-bond donors (Lipinski definition) is 0. The van der Waals surface area contributed by atoms with Crippen LogP contribution in [0.4, 0.5) is 5.82 Å². The zero-order chi connectivity index (χ0) is 19.7. The minimum Gasteiger partial charge on any atom is -0.242 e. The van der Waals surface area contributed by atoms with Gasteiger partial charge in [0.25, 0.3) is 0 Å². The largest absolute Gasteiger partial charge is 0.242 e. The van der Waals surface area contributed by atoms with Crippen molar-refractivity contribution in [1.82, 2.24) is 14.8 Å². The fourth-order valence-electron chi connectivity index (χ4n) is 3.43. The van der Waals surface area contributed by atoms with Gasteiger partial charge in [-0.25, -0.2) is 14.7 Å². The fraction of sp³-hybridized carbons (Fsp3) is 0.208. The van der Waals surface area contributed by atoms with Crippen LogP contribution >= 0.6 is 0 Å². The minimum absolute atomic E-state index is 0.676. The molecule has 1 aliphatic rings. The Morgan fingerprint density at radius 1 is 1.25 bits per heavy atom. The summed E-state index contributed by atoms with van der Waals surface area (Å²) in [5, 5.41) is 5.82. The lowest BCUT2D eigenvalue weighted by Gasteiger charge is -2.07. The lowest BCUT2D eigenvalue weighted by Crippen LogP contribution is -2.03. The molecule has 0 spiro atoms. The Hall–Kier alpha value is -3.27. The molecule has 0 N–H and O–H groups in total. The molecule has 0 aliphatic heterocycles. The third kappa shape index (κ3) is 3.58. The van der Waals surface area contributed by atoms with Crippen molar-refractivity contribution in [1.29, 1.82) is 0 Å². The monoisotopic (exact) mass is 368 g/mol. The maximum Gasteiger partial charge on any atom is 0.161 e. The van der Waals surface area contributed by atoms with Crippen molar-refractivity contribution in [2.75, 3.05) is 0 Å². The van der Waals surface area contributed by atoms with Gasteiger partial charge in [-0.3, -0.25) is 0 Å². The maximum absolute atomic E-state index is 4.83. The molecule has 0 saturated carbocycles. The van der Waals surface area contributed by atoms with Crippen LogP contribution in [0.1, 0.15) is 35.7 Å². The minimum atomic E-state index is 0.676. The van der Waals surface area contributed by atoms with Gasteiger partial charge in [0.2, 0.25) is 0 Å². The van der Waals surface area contributed by atoms with E-state index in [0.717, 1.165) is 34.3 Å². The lowest BCUT2D eigenvalue weighted by atomic mass is 10.1. The van der Waals surface area contributed by atoms with E-state index in [2.05, 4.69) is 61.0 Å². The average Bonchev–Trinajstić information content (AvgIpc) is 3.30. The second kappa shape index (κ2) is 7.39. The van der Waals surface area contributed by atoms with Crippen molar-refractivity contribution in [2.45, 2.75) is 33.7 Å². The van der Waals surface area contributed by atoms with E-state index in [1.807, 2.05) is 30.8 Å². The first-order chi connectivity index (χ1) is 13.5. The maximum atomic E-state index is 4.83. The van der Waals surface area contributed by atoms with Crippen molar-refractivity contribution in [3.63, 3.8) is 0 Å². The molecule has 0 unspecified atom stereocenters. The molecule has 2 aromatic heterocycles. The summed E-state index contributed by atoms with van der Waals surface area (Å²) in [6.45, 7) is 11.0. The summed E-state index contributed by atoms with van der Waals surface area (Å²) in [7, 11) is 0. The molecule has 4 nitrogen and oxygen atoms in total. The number of pyridine rings is 1. The second-order valence-electron chi connectivity index (χ2n) is 7.37. The molecule has 0 atom stereocenters. The number of aromatic nitrogens is 3. The van der Waals surface area contributed by atoms with E-state index in [1.54, 1.807) is 0 Å². The highest BCUT2D eigenvalue weighted by Gasteiger charge is 2.15. The normalized spacial score (nSPS) is 13.6. The van der Waals surface area contributed by atoms with Crippen molar-refractivity contribution < 1.29 is 0 Å². The molecule has 0 saturated heterocycles. The molecule has 0 radical (unpaired) electrons. The Kier molecular flexibility index (Phi) is 4.78. The van der Waals surface area contributed by atoms with Gasteiger partial charge in [-0.2, -0.15) is 5.10 Å². The van der Waals surface area contributed by atoms with E-state index in [1.165, 1.54) is 16.7 Å². The molecule has 28 heavy (non-hydrogen) atoms. The van der Waals surface area contributed by atoms with Crippen molar-refractivity contribution in [2.24, 2.45) is 4.99 Å². The molecular weight excluding hydrogens is 344 g/mol. The van der Waals surface area contributed by atoms with Crippen LogP contribution in [0.15, 0.2) is 65.7 Å². The average molecular weight is 368 g/mol. The number of aryl methyl sites for hydroxylation is 2. The molecular formula is C24H24N4. The van der Waals surface area contributed by atoms with Crippen LogP contribution in [-0.4, -0.2) is 21.0 Å². The van der Waals surface area contributed by atoms with Crippen LogP contribution in [0.2, 0.25) is 0 Å². The Labute approximate surface area is 165 Å². The number of nitrogens with zero attached hydrogens (tertiary/aromatic N) is 4. The number of hydrogen-bond acceptors (Lipinski definition) is 3. The van der Waals surface area contributed by atoms with Crippen LogP contribution in [0.5, 0.6) is 0 Å². The van der Waals surface area contributed by atoms with E-state index in [0.29, 0.717) is 12.4 Å². The summed E-state index contributed by atoms with van der Waals surface area (Å²) >= 11 is 0. The van der Waals surface area contributed by atoms with Gasteiger partial charge in [-0.05, 0) is 50.0 Å². The Balaban J connectivity index is 1.79. The highest BCUT2D eigenvalue weighted by molar-refractivity contribution is 5.93. The predicted molar refractivity (Wildman–Crippen MR) is 117 cm³/mol. The predicted octanol–water partition coefficient (Wildman–Crippen LogP) is 5.72. The van der Waals surface area contributed by atoms with Crippen molar-refractivity contribution in [3.05, 3.63) is 83.1 Å². The van der Waals surface area contributed by atoms with E-state index < -0.39 is 0 Å². The summed E-state index contributed by atoms with van der Waals surface area (Å²) < 4.78 is 1.97. The zero-order valence-corrected chi connectivity index (χ0v) is 16.6. The summed E-state index contributed by atoms with van der Waals surface area (Å²) in [6, 6.07) is 10.5. The van der Waals surface area contributed by atoms with E-state index in [-0.39, 0.29) is 0 Å². The van der Waals surface area contributed by atoms with Crippen LogP contribution in [0.25, 0.3) is 16.6 Å². The second-order valence-corrected chi connectivity index (χ2v) is 7.37. The molecule has 0 bridgehead atoms. The first kappa shape index (κ1) is 18.1. The number of benzene rings is 1. The SMILES string of the molecule is C=C(C)c1cc(N=CC2=CC=CC2)nc2c1c(C)nn2Cc1ccc(C)cc1. The number of rotatable bonds is 5. The van der Waals surface area contributed by atoms with E-state index in [4.69, 9.17) is 10.1 Å². The third-order valence-corrected chi connectivity index (χ3v) is 4.94. The number of fused-ring (bicyclic) bond motifs is 1. The Bertz CT molecular complexity index is 1140. The van der Waals surface area contributed by atoms with Crippen LogP contribution < -0.4 is 0 Å². The quantitative estimate of drug-likeness (QED) is 0.541. The summed E-state index contributed by atoms with van der Waals surface area (Å²) in [5.41, 5.74) is 7.50. The van der Waals surface area contributed by atoms with Crippen molar-refractivity contribution >= 4 is 28.6 Å². The standard InChI is InChI=1S/C24H24N4/c1-16(2)21-13-22(25-14-19-7-5-6-8-19)26-24-23(21)18(4)27-28(24)15-20-11-9-17(3)10-12-20/h5-7,9-14H,1,8,15H2,2-4H3. The van der Waals surface area contributed by atoms with Crippen LogP contribution in [0, 0.1) is 13.8 Å². The molecule has 1 aromatic carbocycles. The molecule has 3 aromatic rings. The van der Waals surface area contributed by atoms with E-state index in [9.17, 15) is 0 Å². The van der Waals surface area contributed by atoms with Crippen molar-refractivity contribution in [3.8, 4) is 0 Å².